The van der Waals surface area contributed by atoms with E-state index in [2.05, 4.69) is 0 Å². The molecule has 0 amide bonds. The van der Waals surface area contributed by atoms with Crippen molar-refractivity contribution in [2.45, 2.75) is 25.4 Å². The lowest BCUT2D eigenvalue weighted by atomic mass is 9.95. The second-order valence-electron chi connectivity index (χ2n) is 4.28. The van der Waals surface area contributed by atoms with E-state index < -0.39 is 5.60 Å². The number of halogens is 1. The molecule has 2 rings (SSSR count). The Morgan fingerprint density at radius 1 is 1.41 bits per heavy atom. The third-order valence-electron chi connectivity index (χ3n) is 2.94. The zero-order valence-electron chi connectivity index (χ0n) is 9.74. The van der Waals surface area contributed by atoms with Crippen LogP contribution < -0.4 is 5.73 Å². The predicted molar refractivity (Wildman–Crippen MR) is 69.1 cm³/mol. The van der Waals surface area contributed by atoms with E-state index in [1.54, 1.807) is 12.1 Å². The van der Waals surface area contributed by atoms with Crippen LogP contribution in [0.15, 0.2) is 28.7 Å². The van der Waals surface area contributed by atoms with Gasteiger partial charge < -0.3 is 15.3 Å². The quantitative estimate of drug-likeness (QED) is 0.881. The van der Waals surface area contributed by atoms with Crippen LogP contribution in [0.4, 0.5) is 0 Å². The molecule has 3 nitrogen and oxygen atoms in total. The first-order valence-corrected chi connectivity index (χ1v) is 6.09. The maximum absolute atomic E-state index is 10.4. The van der Waals surface area contributed by atoms with E-state index in [9.17, 15) is 5.11 Å². The van der Waals surface area contributed by atoms with Crippen molar-refractivity contribution < 1.29 is 9.52 Å². The summed E-state index contributed by atoms with van der Waals surface area (Å²) in [7, 11) is 0. The van der Waals surface area contributed by atoms with Crippen molar-refractivity contribution in [3.63, 3.8) is 0 Å². The van der Waals surface area contributed by atoms with E-state index in [0.717, 1.165) is 11.8 Å². The van der Waals surface area contributed by atoms with E-state index in [1.807, 2.05) is 19.1 Å². The lowest BCUT2D eigenvalue weighted by molar-refractivity contribution is 0.0158. The molecule has 2 aromatic rings. The zero-order chi connectivity index (χ0) is 12.5. The van der Waals surface area contributed by atoms with Crippen molar-refractivity contribution in [2.75, 3.05) is 6.54 Å². The number of hydrogen-bond donors (Lipinski definition) is 2. The Labute approximate surface area is 105 Å². The van der Waals surface area contributed by atoms with E-state index in [-0.39, 0.29) is 6.54 Å². The SMILES string of the molecule is CCCC(O)(CN)c1cc2cc(Cl)ccc2o1. The lowest BCUT2D eigenvalue weighted by Crippen LogP contribution is -2.34. The number of furan rings is 1. The van der Waals surface area contributed by atoms with E-state index in [4.69, 9.17) is 21.8 Å². The fourth-order valence-electron chi connectivity index (χ4n) is 1.98. The van der Waals surface area contributed by atoms with Crippen LogP contribution in [-0.4, -0.2) is 11.7 Å². The van der Waals surface area contributed by atoms with Gasteiger partial charge in [-0.15, -0.1) is 0 Å². The van der Waals surface area contributed by atoms with E-state index >= 15 is 0 Å². The van der Waals surface area contributed by atoms with Crippen molar-refractivity contribution in [1.82, 2.24) is 0 Å². The van der Waals surface area contributed by atoms with Gasteiger partial charge in [-0.05, 0) is 30.7 Å². The molecular weight excluding hydrogens is 238 g/mol. The predicted octanol–water partition coefficient (Wildman–Crippen LogP) is 3.03. The molecule has 1 unspecified atom stereocenters. The number of fused-ring (bicyclic) bond motifs is 1. The third kappa shape index (κ3) is 2.32. The van der Waals surface area contributed by atoms with Gasteiger partial charge in [0.25, 0.3) is 0 Å². The lowest BCUT2D eigenvalue weighted by Gasteiger charge is -2.23. The van der Waals surface area contributed by atoms with Crippen LogP contribution in [0.1, 0.15) is 25.5 Å². The van der Waals surface area contributed by atoms with Gasteiger partial charge in [-0.2, -0.15) is 0 Å². The summed E-state index contributed by atoms with van der Waals surface area (Å²) in [5.41, 5.74) is 5.27. The fraction of sp³-hybridized carbons (Fsp3) is 0.385. The van der Waals surface area contributed by atoms with Gasteiger partial charge >= 0.3 is 0 Å². The van der Waals surface area contributed by atoms with Crippen LogP contribution in [0.2, 0.25) is 5.02 Å². The summed E-state index contributed by atoms with van der Waals surface area (Å²) in [6.45, 7) is 2.15. The van der Waals surface area contributed by atoms with Crippen molar-refractivity contribution >= 4 is 22.6 Å². The van der Waals surface area contributed by atoms with Crippen molar-refractivity contribution in [1.29, 1.82) is 0 Å². The summed E-state index contributed by atoms with van der Waals surface area (Å²) < 4.78 is 5.64. The normalized spacial score (nSPS) is 15.1. The molecule has 4 heteroatoms. The minimum atomic E-state index is -1.08. The topological polar surface area (TPSA) is 59.4 Å². The Bertz CT molecular complexity index is 523. The number of nitrogens with two attached hydrogens (primary N) is 1. The molecule has 1 heterocycles. The van der Waals surface area contributed by atoms with Gasteiger partial charge in [0.15, 0.2) is 0 Å². The summed E-state index contributed by atoms with van der Waals surface area (Å²) in [6.07, 6.45) is 1.42. The van der Waals surface area contributed by atoms with Gasteiger partial charge in [0, 0.05) is 17.0 Å². The standard InChI is InChI=1S/C13H16ClNO2/c1-2-5-13(16,8-15)12-7-9-6-10(14)3-4-11(9)17-12/h3-4,6-7,16H,2,5,8,15H2,1H3. The maximum atomic E-state index is 10.4. The van der Waals surface area contributed by atoms with Crippen molar-refractivity contribution in [3.8, 4) is 0 Å². The first-order chi connectivity index (χ1) is 8.09. The Morgan fingerprint density at radius 3 is 2.82 bits per heavy atom. The fourth-order valence-corrected chi connectivity index (χ4v) is 2.16. The minimum Gasteiger partial charge on any atom is -0.458 e. The molecule has 0 saturated carbocycles. The maximum Gasteiger partial charge on any atom is 0.138 e. The van der Waals surface area contributed by atoms with Crippen LogP contribution in [0.5, 0.6) is 0 Å². The zero-order valence-corrected chi connectivity index (χ0v) is 10.5. The molecule has 0 aliphatic heterocycles. The second kappa shape index (κ2) is 4.69. The monoisotopic (exact) mass is 253 g/mol. The molecule has 0 bridgehead atoms. The smallest absolute Gasteiger partial charge is 0.138 e. The van der Waals surface area contributed by atoms with E-state index in [0.29, 0.717) is 22.8 Å². The highest BCUT2D eigenvalue weighted by Gasteiger charge is 2.30. The van der Waals surface area contributed by atoms with Crippen LogP contribution in [0, 0.1) is 0 Å². The second-order valence-corrected chi connectivity index (χ2v) is 4.71. The summed E-state index contributed by atoms with van der Waals surface area (Å²) in [4.78, 5) is 0. The summed E-state index contributed by atoms with van der Waals surface area (Å²) >= 11 is 5.91. The van der Waals surface area contributed by atoms with Gasteiger partial charge in [0.1, 0.15) is 16.9 Å². The molecule has 1 aromatic carbocycles. The Hall–Kier alpha value is -1.03. The molecule has 0 aliphatic carbocycles. The average Bonchev–Trinajstić information content (AvgIpc) is 2.72. The van der Waals surface area contributed by atoms with Gasteiger partial charge in [-0.1, -0.05) is 24.9 Å². The number of hydrogen-bond acceptors (Lipinski definition) is 3. The van der Waals surface area contributed by atoms with Crippen LogP contribution >= 0.6 is 11.6 Å². The summed E-state index contributed by atoms with van der Waals surface area (Å²) in [6, 6.07) is 7.18. The third-order valence-corrected chi connectivity index (χ3v) is 3.17. The molecule has 0 fully saturated rings. The van der Waals surface area contributed by atoms with Gasteiger partial charge in [0.2, 0.25) is 0 Å². The molecular formula is C13H16ClNO2. The molecule has 17 heavy (non-hydrogen) atoms. The molecule has 0 saturated heterocycles. The summed E-state index contributed by atoms with van der Waals surface area (Å²) in [5, 5.41) is 11.9. The highest BCUT2D eigenvalue weighted by Crippen LogP contribution is 2.31. The highest BCUT2D eigenvalue weighted by atomic mass is 35.5. The number of aliphatic hydroxyl groups is 1. The molecule has 1 aromatic heterocycles. The molecule has 0 aliphatic rings. The number of benzene rings is 1. The van der Waals surface area contributed by atoms with Crippen LogP contribution in [-0.2, 0) is 5.60 Å². The first kappa shape index (κ1) is 12.4. The average molecular weight is 254 g/mol. The molecule has 0 radical (unpaired) electrons. The van der Waals surface area contributed by atoms with E-state index in [1.165, 1.54) is 0 Å². The van der Waals surface area contributed by atoms with Crippen LogP contribution in [0.25, 0.3) is 11.0 Å². The molecule has 3 N–H and O–H groups in total. The Morgan fingerprint density at radius 2 is 2.18 bits per heavy atom. The molecule has 92 valence electrons. The summed E-state index contributed by atoms with van der Waals surface area (Å²) in [5.74, 6) is 0.513. The van der Waals surface area contributed by atoms with Crippen molar-refractivity contribution in [2.24, 2.45) is 5.73 Å². The number of rotatable bonds is 4. The highest BCUT2D eigenvalue weighted by molar-refractivity contribution is 6.31. The van der Waals surface area contributed by atoms with Crippen LogP contribution in [0.3, 0.4) is 0 Å². The Balaban J connectivity index is 2.48. The van der Waals surface area contributed by atoms with Gasteiger partial charge in [-0.25, -0.2) is 0 Å². The molecule has 1 atom stereocenters. The van der Waals surface area contributed by atoms with Crippen molar-refractivity contribution in [3.05, 3.63) is 35.0 Å². The minimum absolute atomic E-state index is 0.147. The van der Waals surface area contributed by atoms with Gasteiger partial charge in [-0.3, -0.25) is 0 Å². The first-order valence-electron chi connectivity index (χ1n) is 5.71. The van der Waals surface area contributed by atoms with Gasteiger partial charge in [0.05, 0.1) is 0 Å². The largest absolute Gasteiger partial charge is 0.458 e. The Kier molecular flexibility index (Phi) is 3.43. The molecule has 0 spiro atoms.